The highest BCUT2D eigenvalue weighted by molar-refractivity contribution is 6.99. The van der Waals surface area contributed by atoms with Crippen molar-refractivity contribution in [2.75, 3.05) is 0 Å². The molecule has 1 aliphatic rings. The Morgan fingerprint density at radius 3 is 1.81 bits per heavy atom. The number of hydrogen-bond acceptors (Lipinski definition) is 2. The van der Waals surface area contributed by atoms with Crippen LogP contribution in [0.25, 0.3) is 0 Å². The molecule has 2 aromatic carbocycles. The molecule has 3 rings (SSSR count). The quantitative estimate of drug-likeness (QED) is 0.657. The summed E-state index contributed by atoms with van der Waals surface area (Å²) in [7, 11) is -2.53. The summed E-state index contributed by atoms with van der Waals surface area (Å²) in [5.74, 6) is 0.289. The minimum absolute atomic E-state index is 0.0182. The van der Waals surface area contributed by atoms with Crippen LogP contribution in [0.4, 0.5) is 0 Å². The normalized spacial score (nSPS) is 23.8. The minimum atomic E-state index is -2.53. The van der Waals surface area contributed by atoms with E-state index in [0.717, 1.165) is 6.42 Å². The van der Waals surface area contributed by atoms with E-state index in [9.17, 15) is 5.11 Å². The largest absolute Gasteiger partial charge is 0.401 e. The lowest BCUT2D eigenvalue weighted by atomic mass is 9.92. The second kappa shape index (κ2) is 7.51. The zero-order valence-corrected chi connectivity index (χ0v) is 17.2. The first kappa shape index (κ1) is 19.1. The number of aliphatic hydroxyl groups is 1. The van der Waals surface area contributed by atoms with Crippen molar-refractivity contribution in [1.82, 2.24) is 0 Å². The van der Waals surface area contributed by atoms with Crippen molar-refractivity contribution in [3.05, 3.63) is 72.8 Å². The summed E-state index contributed by atoms with van der Waals surface area (Å²) >= 11 is 0. The van der Waals surface area contributed by atoms with E-state index in [1.165, 1.54) is 10.4 Å². The molecule has 2 nitrogen and oxygen atoms in total. The first-order valence-electron chi connectivity index (χ1n) is 9.50. The van der Waals surface area contributed by atoms with Gasteiger partial charge in [-0.05, 0) is 27.8 Å². The van der Waals surface area contributed by atoms with Crippen LogP contribution >= 0.6 is 0 Å². The van der Waals surface area contributed by atoms with Crippen molar-refractivity contribution in [3.8, 4) is 0 Å². The fourth-order valence-corrected chi connectivity index (χ4v) is 8.81. The molecular weight excluding hydrogens is 336 g/mol. The van der Waals surface area contributed by atoms with Gasteiger partial charge in [0.15, 0.2) is 0 Å². The molecule has 0 bridgehead atoms. The van der Waals surface area contributed by atoms with Gasteiger partial charge in [0, 0.05) is 0 Å². The highest BCUT2D eigenvalue weighted by Crippen LogP contribution is 2.39. The molecule has 0 saturated heterocycles. The van der Waals surface area contributed by atoms with Crippen LogP contribution in [0.1, 0.15) is 34.1 Å². The van der Waals surface area contributed by atoms with E-state index in [1.54, 1.807) is 0 Å². The Bertz CT molecular complexity index is 694. The van der Waals surface area contributed by atoms with Gasteiger partial charge in [0.1, 0.15) is 0 Å². The van der Waals surface area contributed by atoms with Gasteiger partial charge in [-0.15, -0.1) is 0 Å². The molecule has 0 radical (unpaired) electrons. The van der Waals surface area contributed by atoms with Crippen LogP contribution in [0.5, 0.6) is 0 Å². The summed E-state index contributed by atoms with van der Waals surface area (Å²) in [6.07, 6.45) is 4.37. The van der Waals surface area contributed by atoms with Crippen molar-refractivity contribution in [3.63, 3.8) is 0 Å². The number of hydrogen-bond donors (Lipinski definition) is 1. The van der Waals surface area contributed by atoms with Crippen molar-refractivity contribution < 1.29 is 9.53 Å². The third-order valence-electron chi connectivity index (χ3n) is 5.43. The Balaban J connectivity index is 2.16. The molecule has 3 heteroatoms. The highest BCUT2D eigenvalue weighted by Gasteiger charge is 2.51. The summed E-state index contributed by atoms with van der Waals surface area (Å²) in [5.41, 5.74) is 0. The van der Waals surface area contributed by atoms with Gasteiger partial charge in [0.25, 0.3) is 8.32 Å². The Morgan fingerprint density at radius 2 is 1.38 bits per heavy atom. The number of aliphatic hydroxyl groups excluding tert-OH is 1. The zero-order valence-electron chi connectivity index (χ0n) is 16.2. The van der Waals surface area contributed by atoms with Crippen LogP contribution in [0.15, 0.2) is 72.8 Å². The van der Waals surface area contributed by atoms with Crippen LogP contribution in [0.3, 0.4) is 0 Å². The molecule has 0 heterocycles. The van der Waals surface area contributed by atoms with E-state index in [0.29, 0.717) is 0 Å². The lowest BCUT2D eigenvalue weighted by Crippen LogP contribution is -2.68. The van der Waals surface area contributed by atoms with Gasteiger partial charge >= 0.3 is 0 Å². The van der Waals surface area contributed by atoms with Gasteiger partial charge in [-0.1, -0.05) is 101 Å². The third kappa shape index (κ3) is 3.57. The summed E-state index contributed by atoms with van der Waals surface area (Å²) in [5, 5.41) is 12.5. The molecule has 0 fully saturated rings. The van der Waals surface area contributed by atoms with E-state index in [4.69, 9.17) is 4.43 Å². The van der Waals surface area contributed by atoms with Crippen molar-refractivity contribution in [1.29, 1.82) is 0 Å². The second-order valence-electron chi connectivity index (χ2n) is 8.41. The maximum atomic E-state index is 9.96. The van der Waals surface area contributed by atoms with Crippen molar-refractivity contribution in [2.24, 2.45) is 5.92 Å². The SMILES string of the molecule is C[C@@H]1C[C@@H](O)C=C[C@@H]1O[Si](c1ccccc1)(c1ccccc1)C(C)(C)C. The Morgan fingerprint density at radius 1 is 0.885 bits per heavy atom. The molecule has 0 aromatic heterocycles. The first-order valence-corrected chi connectivity index (χ1v) is 11.4. The first-order chi connectivity index (χ1) is 12.3. The molecule has 0 aliphatic heterocycles. The van der Waals surface area contributed by atoms with E-state index in [-0.39, 0.29) is 23.2 Å². The molecule has 0 amide bonds. The topological polar surface area (TPSA) is 29.5 Å². The molecule has 138 valence electrons. The van der Waals surface area contributed by atoms with Crippen LogP contribution < -0.4 is 10.4 Å². The van der Waals surface area contributed by atoms with E-state index >= 15 is 0 Å². The highest BCUT2D eigenvalue weighted by atomic mass is 28.4. The average Bonchev–Trinajstić information content (AvgIpc) is 2.62. The maximum absolute atomic E-state index is 9.96. The third-order valence-corrected chi connectivity index (χ3v) is 10.5. The lowest BCUT2D eigenvalue weighted by Gasteiger charge is -2.46. The zero-order chi connectivity index (χ0) is 18.8. The lowest BCUT2D eigenvalue weighted by molar-refractivity contribution is 0.108. The summed E-state index contributed by atoms with van der Waals surface area (Å²) in [6, 6.07) is 21.4. The van der Waals surface area contributed by atoms with Crippen molar-refractivity contribution in [2.45, 2.75) is 51.4 Å². The van der Waals surface area contributed by atoms with E-state index in [1.807, 2.05) is 6.08 Å². The van der Waals surface area contributed by atoms with Gasteiger partial charge in [-0.25, -0.2) is 0 Å². The monoisotopic (exact) mass is 366 g/mol. The summed E-state index contributed by atoms with van der Waals surface area (Å²) < 4.78 is 7.12. The molecule has 3 atom stereocenters. The maximum Gasteiger partial charge on any atom is 0.261 e. The smallest absolute Gasteiger partial charge is 0.261 e. The Hall–Kier alpha value is -1.68. The predicted octanol–water partition coefficient (Wildman–Crippen LogP) is 3.89. The number of benzene rings is 2. The van der Waals surface area contributed by atoms with Crippen LogP contribution in [-0.2, 0) is 4.43 Å². The Labute approximate surface area is 158 Å². The average molecular weight is 367 g/mol. The number of rotatable bonds is 4. The fourth-order valence-electron chi connectivity index (χ4n) is 4.07. The molecule has 0 unspecified atom stereocenters. The molecule has 0 spiro atoms. The van der Waals surface area contributed by atoms with Gasteiger partial charge in [0.2, 0.25) is 0 Å². The van der Waals surface area contributed by atoms with Gasteiger partial charge in [-0.3, -0.25) is 0 Å². The second-order valence-corrected chi connectivity index (χ2v) is 12.7. The fraction of sp³-hybridized carbons (Fsp3) is 0.391. The minimum Gasteiger partial charge on any atom is -0.401 e. The van der Waals surface area contributed by atoms with Crippen LogP contribution in [0, 0.1) is 5.92 Å². The Kier molecular flexibility index (Phi) is 5.52. The van der Waals surface area contributed by atoms with Crippen LogP contribution in [-0.4, -0.2) is 25.6 Å². The van der Waals surface area contributed by atoms with Gasteiger partial charge < -0.3 is 9.53 Å². The molecule has 1 N–H and O–H groups in total. The van der Waals surface area contributed by atoms with Gasteiger partial charge in [-0.2, -0.15) is 0 Å². The molecule has 1 aliphatic carbocycles. The molecule has 26 heavy (non-hydrogen) atoms. The predicted molar refractivity (Wildman–Crippen MR) is 111 cm³/mol. The summed E-state index contributed by atoms with van der Waals surface area (Å²) in [6.45, 7) is 9.07. The molecule has 0 saturated carbocycles. The van der Waals surface area contributed by atoms with E-state index < -0.39 is 8.32 Å². The van der Waals surface area contributed by atoms with E-state index in [2.05, 4.69) is 94.4 Å². The van der Waals surface area contributed by atoms with Crippen molar-refractivity contribution >= 4 is 18.7 Å². The molecule has 2 aromatic rings. The summed E-state index contributed by atoms with van der Waals surface area (Å²) in [4.78, 5) is 0. The molecular formula is C23H30O2Si. The standard InChI is InChI=1S/C23H30O2Si/c1-18-17-19(24)15-16-22(18)25-26(23(2,3)4,20-11-7-5-8-12-20)21-13-9-6-10-14-21/h5-16,18-19,22,24H,17H2,1-4H3/t18-,19+,22+/m1/s1. The van der Waals surface area contributed by atoms with Gasteiger partial charge in [0.05, 0.1) is 12.2 Å². The van der Waals surface area contributed by atoms with Crippen LogP contribution in [0.2, 0.25) is 5.04 Å².